The third kappa shape index (κ3) is 4.33. The largest absolute Gasteiger partial charge is 0.416 e. The summed E-state index contributed by atoms with van der Waals surface area (Å²) in [7, 11) is 0. The number of para-hydroxylation sites is 1. The van der Waals surface area contributed by atoms with E-state index in [1.54, 1.807) is 0 Å². The van der Waals surface area contributed by atoms with Gasteiger partial charge in [0.25, 0.3) is 0 Å². The topological polar surface area (TPSA) is 45.4 Å². The molecule has 3 aromatic carbocycles. The van der Waals surface area contributed by atoms with Crippen LogP contribution < -0.4 is 4.90 Å². The van der Waals surface area contributed by atoms with Crippen LogP contribution in [-0.4, -0.2) is 41.3 Å². The lowest BCUT2D eigenvalue weighted by Crippen LogP contribution is -2.46. The molecule has 0 unspecified atom stereocenters. The fourth-order valence-electron chi connectivity index (χ4n) is 3.99. The van der Waals surface area contributed by atoms with Gasteiger partial charge in [-0.15, -0.1) is 10.2 Å². The van der Waals surface area contributed by atoms with Crippen LogP contribution in [-0.2, 0) is 6.54 Å². The van der Waals surface area contributed by atoms with Gasteiger partial charge in [0.2, 0.25) is 11.8 Å². The lowest BCUT2D eigenvalue weighted by atomic mass is 10.1. The second-order valence-electron chi connectivity index (χ2n) is 7.65. The van der Waals surface area contributed by atoms with E-state index in [9.17, 15) is 0 Å². The molecule has 1 aromatic heterocycles. The third-order valence-corrected chi connectivity index (χ3v) is 5.99. The molecule has 0 N–H and O–H groups in total. The predicted octanol–water partition coefficient (Wildman–Crippen LogP) is 5.38. The summed E-state index contributed by atoms with van der Waals surface area (Å²) in [5.74, 6) is 0.959. The van der Waals surface area contributed by atoms with E-state index in [-0.39, 0.29) is 0 Å². The molecule has 156 valence electrons. The van der Waals surface area contributed by atoms with Gasteiger partial charge in [0.05, 0.1) is 10.6 Å². The molecule has 1 saturated heterocycles. The number of hydrogen-bond donors (Lipinski definition) is 0. The molecule has 0 atom stereocenters. The molecular formula is C25H23ClN4O. The van der Waals surface area contributed by atoms with E-state index in [0.717, 1.165) is 43.9 Å². The van der Waals surface area contributed by atoms with Crippen LogP contribution in [0.2, 0.25) is 5.02 Å². The zero-order valence-corrected chi connectivity index (χ0v) is 17.9. The predicted molar refractivity (Wildman–Crippen MR) is 124 cm³/mol. The maximum absolute atomic E-state index is 6.29. The first kappa shape index (κ1) is 19.8. The lowest BCUT2D eigenvalue weighted by molar-refractivity contribution is 0.250. The number of nitrogens with zero attached hydrogens (tertiary/aromatic N) is 4. The molecule has 0 spiro atoms. The summed E-state index contributed by atoms with van der Waals surface area (Å²) in [5, 5.41) is 9.14. The fourth-order valence-corrected chi connectivity index (χ4v) is 4.20. The molecule has 0 radical (unpaired) electrons. The Balaban J connectivity index is 1.31. The minimum Gasteiger partial charge on any atom is -0.416 e. The first-order valence-electron chi connectivity index (χ1n) is 10.5. The zero-order chi connectivity index (χ0) is 21.0. The Kier molecular flexibility index (Phi) is 5.69. The van der Waals surface area contributed by atoms with Crippen molar-refractivity contribution in [2.45, 2.75) is 6.54 Å². The first-order valence-corrected chi connectivity index (χ1v) is 10.8. The quantitative estimate of drug-likeness (QED) is 0.425. The third-order valence-electron chi connectivity index (χ3n) is 5.66. The minimum absolute atomic E-state index is 0.437. The highest BCUT2D eigenvalue weighted by molar-refractivity contribution is 6.33. The van der Waals surface area contributed by atoms with Gasteiger partial charge in [0.1, 0.15) is 0 Å². The molecule has 5 rings (SSSR count). The van der Waals surface area contributed by atoms with E-state index in [4.69, 9.17) is 16.0 Å². The number of halogens is 1. The summed E-state index contributed by atoms with van der Waals surface area (Å²) >= 11 is 6.29. The molecule has 6 heteroatoms. The Hall–Kier alpha value is -3.15. The van der Waals surface area contributed by atoms with Crippen molar-refractivity contribution in [1.82, 2.24) is 15.1 Å². The summed E-state index contributed by atoms with van der Waals surface area (Å²) in [4.78, 5) is 4.92. The Labute approximate surface area is 186 Å². The number of rotatable bonds is 5. The van der Waals surface area contributed by atoms with Gasteiger partial charge in [0.15, 0.2) is 0 Å². The lowest BCUT2D eigenvalue weighted by Gasteiger charge is -2.36. The van der Waals surface area contributed by atoms with Crippen molar-refractivity contribution in [1.29, 1.82) is 0 Å². The molecule has 0 aliphatic carbocycles. The monoisotopic (exact) mass is 430 g/mol. The van der Waals surface area contributed by atoms with Crippen LogP contribution in [0.15, 0.2) is 83.3 Å². The van der Waals surface area contributed by atoms with E-state index >= 15 is 0 Å². The van der Waals surface area contributed by atoms with Gasteiger partial charge in [-0.05, 0) is 35.9 Å². The van der Waals surface area contributed by atoms with Crippen molar-refractivity contribution in [3.63, 3.8) is 0 Å². The number of anilines is 1. The number of aromatic nitrogens is 2. The van der Waals surface area contributed by atoms with Gasteiger partial charge in [-0.2, -0.15) is 0 Å². The van der Waals surface area contributed by atoms with E-state index in [1.807, 2.05) is 36.4 Å². The minimum atomic E-state index is 0.437. The maximum Gasteiger partial charge on any atom is 0.249 e. The Morgan fingerprint density at radius 2 is 1.32 bits per heavy atom. The average Bonchev–Trinajstić information content (AvgIpc) is 3.31. The standard InChI is InChI=1S/C25H23ClN4O/c26-23-13-7-6-12-22(23)25-28-27-24(31-25)21-11-5-4-8-19(21)18-29-14-16-30(17-15-29)20-9-2-1-3-10-20/h1-13H,14-18H2. The Morgan fingerprint density at radius 3 is 2.06 bits per heavy atom. The van der Waals surface area contributed by atoms with E-state index < -0.39 is 0 Å². The van der Waals surface area contributed by atoms with Crippen LogP contribution in [0, 0.1) is 0 Å². The van der Waals surface area contributed by atoms with Crippen molar-refractivity contribution in [2.24, 2.45) is 0 Å². The highest BCUT2D eigenvalue weighted by Crippen LogP contribution is 2.30. The van der Waals surface area contributed by atoms with Crippen molar-refractivity contribution >= 4 is 17.3 Å². The van der Waals surface area contributed by atoms with Gasteiger partial charge in [-0.3, -0.25) is 4.90 Å². The highest BCUT2D eigenvalue weighted by Gasteiger charge is 2.20. The zero-order valence-electron chi connectivity index (χ0n) is 17.1. The molecule has 1 aliphatic heterocycles. The average molecular weight is 431 g/mol. The number of hydrogen-bond acceptors (Lipinski definition) is 5. The summed E-state index contributed by atoms with van der Waals surface area (Å²) < 4.78 is 6.01. The highest BCUT2D eigenvalue weighted by atomic mass is 35.5. The number of piperazine rings is 1. The van der Waals surface area contributed by atoms with Crippen LogP contribution in [0.5, 0.6) is 0 Å². The summed E-state index contributed by atoms with van der Waals surface area (Å²) in [6.07, 6.45) is 0. The normalized spacial score (nSPS) is 14.7. The fraction of sp³-hybridized carbons (Fsp3) is 0.200. The van der Waals surface area contributed by atoms with Crippen molar-refractivity contribution in [3.05, 3.63) is 89.4 Å². The SMILES string of the molecule is Clc1ccccc1-c1nnc(-c2ccccc2CN2CCN(c3ccccc3)CC2)o1. The van der Waals surface area contributed by atoms with Gasteiger partial charge in [0, 0.05) is 44.0 Å². The summed E-state index contributed by atoms with van der Waals surface area (Å²) in [5.41, 5.74) is 4.20. The van der Waals surface area contributed by atoms with E-state index in [0.29, 0.717) is 16.8 Å². The van der Waals surface area contributed by atoms with Gasteiger partial charge in [-0.25, -0.2) is 0 Å². The van der Waals surface area contributed by atoms with Gasteiger partial charge < -0.3 is 9.32 Å². The van der Waals surface area contributed by atoms with Crippen LogP contribution in [0.4, 0.5) is 5.69 Å². The summed E-state index contributed by atoms with van der Waals surface area (Å²) in [6, 6.07) is 26.4. The van der Waals surface area contributed by atoms with Crippen LogP contribution in [0.25, 0.3) is 22.9 Å². The second-order valence-corrected chi connectivity index (χ2v) is 8.06. The number of benzene rings is 3. The molecule has 0 amide bonds. The molecule has 1 aliphatic rings. The van der Waals surface area contributed by atoms with Gasteiger partial charge in [-0.1, -0.05) is 60.1 Å². The molecular weight excluding hydrogens is 408 g/mol. The van der Waals surface area contributed by atoms with Crippen molar-refractivity contribution in [3.8, 4) is 22.9 Å². The molecule has 5 nitrogen and oxygen atoms in total. The molecule has 31 heavy (non-hydrogen) atoms. The van der Waals surface area contributed by atoms with Crippen LogP contribution in [0.3, 0.4) is 0 Å². The first-order chi connectivity index (χ1) is 15.3. The van der Waals surface area contributed by atoms with Crippen LogP contribution >= 0.6 is 11.6 Å². The van der Waals surface area contributed by atoms with Gasteiger partial charge >= 0.3 is 0 Å². The van der Waals surface area contributed by atoms with E-state index in [2.05, 4.69) is 62.5 Å². The molecule has 2 heterocycles. The Bertz CT molecular complexity index is 1150. The molecule has 4 aromatic rings. The van der Waals surface area contributed by atoms with Crippen molar-refractivity contribution < 1.29 is 4.42 Å². The molecule has 0 saturated carbocycles. The smallest absolute Gasteiger partial charge is 0.249 e. The van der Waals surface area contributed by atoms with Crippen molar-refractivity contribution in [2.75, 3.05) is 31.1 Å². The van der Waals surface area contributed by atoms with Crippen LogP contribution in [0.1, 0.15) is 5.56 Å². The van der Waals surface area contributed by atoms with E-state index in [1.165, 1.54) is 11.3 Å². The molecule has 0 bridgehead atoms. The second kappa shape index (κ2) is 8.92. The summed E-state index contributed by atoms with van der Waals surface area (Å²) in [6.45, 7) is 4.91. The maximum atomic E-state index is 6.29. The molecule has 1 fully saturated rings. The Morgan fingerprint density at radius 1 is 0.710 bits per heavy atom.